The molecular formula is C12H24N4S2. The van der Waals surface area contributed by atoms with Crippen molar-refractivity contribution in [3.63, 3.8) is 0 Å². The molecule has 0 radical (unpaired) electrons. The lowest BCUT2D eigenvalue weighted by Crippen LogP contribution is -2.28. The average molecular weight is 288 g/mol. The van der Waals surface area contributed by atoms with E-state index in [9.17, 15) is 0 Å². The van der Waals surface area contributed by atoms with E-state index < -0.39 is 0 Å². The van der Waals surface area contributed by atoms with Crippen molar-refractivity contribution in [3.05, 3.63) is 0 Å². The molecule has 1 unspecified atom stereocenters. The quantitative estimate of drug-likeness (QED) is 0.559. The summed E-state index contributed by atoms with van der Waals surface area (Å²) in [6.07, 6.45) is 3.69. The van der Waals surface area contributed by atoms with E-state index in [4.69, 9.17) is 0 Å². The normalized spacial score (nSPS) is 12.7. The maximum absolute atomic E-state index is 4.18. The molecule has 0 aromatic carbocycles. The van der Waals surface area contributed by atoms with Gasteiger partial charge in [-0.2, -0.15) is 0 Å². The highest BCUT2D eigenvalue weighted by atomic mass is 32.2. The molecule has 1 N–H and O–H groups in total. The van der Waals surface area contributed by atoms with Crippen LogP contribution in [0.2, 0.25) is 0 Å². The predicted molar refractivity (Wildman–Crippen MR) is 81.9 cm³/mol. The summed E-state index contributed by atoms with van der Waals surface area (Å²) in [5, 5.41) is 12.8. The molecule has 4 nitrogen and oxygen atoms in total. The number of aromatic nitrogens is 2. The van der Waals surface area contributed by atoms with Gasteiger partial charge in [0.25, 0.3) is 0 Å². The van der Waals surface area contributed by atoms with E-state index in [1.54, 1.807) is 11.3 Å². The second kappa shape index (κ2) is 8.72. The first-order chi connectivity index (χ1) is 8.67. The Labute approximate surface area is 119 Å². The Hall–Kier alpha value is -0.330. The monoisotopic (exact) mass is 288 g/mol. The molecule has 104 valence electrons. The van der Waals surface area contributed by atoms with Crippen molar-refractivity contribution in [2.45, 2.75) is 43.5 Å². The van der Waals surface area contributed by atoms with Gasteiger partial charge >= 0.3 is 0 Å². The number of hydrogen-bond acceptors (Lipinski definition) is 6. The SMILES string of the molecule is CCNC(CC)CCCSc1nnc(N(C)C)s1. The fourth-order valence-electron chi connectivity index (χ4n) is 1.67. The van der Waals surface area contributed by atoms with Crippen molar-refractivity contribution >= 4 is 28.2 Å². The highest BCUT2D eigenvalue weighted by Gasteiger charge is 2.07. The smallest absolute Gasteiger partial charge is 0.208 e. The number of anilines is 1. The third kappa shape index (κ3) is 5.54. The Morgan fingerprint density at radius 3 is 2.67 bits per heavy atom. The summed E-state index contributed by atoms with van der Waals surface area (Å²) in [7, 11) is 3.99. The first-order valence-corrected chi connectivity index (χ1v) is 8.34. The molecule has 18 heavy (non-hydrogen) atoms. The fraction of sp³-hybridized carbons (Fsp3) is 0.833. The molecule has 0 aliphatic carbocycles. The van der Waals surface area contributed by atoms with Gasteiger partial charge in [0.15, 0.2) is 4.34 Å². The molecule has 1 rings (SSSR count). The van der Waals surface area contributed by atoms with Gasteiger partial charge in [-0.05, 0) is 25.8 Å². The molecule has 0 spiro atoms. The number of nitrogens with one attached hydrogen (secondary N) is 1. The minimum absolute atomic E-state index is 0.669. The van der Waals surface area contributed by atoms with Gasteiger partial charge in [-0.15, -0.1) is 10.2 Å². The Morgan fingerprint density at radius 1 is 1.33 bits per heavy atom. The van der Waals surface area contributed by atoms with Crippen LogP contribution in [0.3, 0.4) is 0 Å². The van der Waals surface area contributed by atoms with E-state index >= 15 is 0 Å². The van der Waals surface area contributed by atoms with Crippen LogP contribution in [0.15, 0.2) is 4.34 Å². The van der Waals surface area contributed by atoms with Crippen molar-refractivity contribution in [2.75, 3.05) is 31.3 Å². The summed E-state index contributed by atoms with van der Waals surface area (Å²) < 4.78 is 1.08. The molecule has 1 aromatic heterocycles. The molecular weight excluding hydrogens is 264 g/mol. The van der Waals surface area contributed by atoms with Crippen LogP contribution < -0.4 is 10.2 Å². The second-order valence-corrected chi connectivity index (χ2v) is 6.70. The van der Waals surface area contributed by atoms with Crippen LogP contribution in [0.4, 0.5) is 5.13 Å². The Bertz CT molecular complexity index is 328. The zero-order chi connectivity index (χ0) is 13.4. The first-order valence-electron chi connectivity index (χ1n) is 6.54. The number of nitrogens with zero attached hydrogens (tertiary/aromatic N) is 3. The number of rotatable bonds is 9. The standard InChI is InChI=1S/C12H24N4S2/c1-5-10(13-6-2)8-7-9-17-12-15-14-11(18-12)16(3)4/h10,13H,5-9H2,1-4H3. The molecule has 0 fully saturated rings. The van der Waals surface area contributed by atoms with E-state index in [1.165, 1.54) is 19.3 Å². The minimum atomic E-state index is 0.669. The highest BCUT2D eigenvalue weighted by Crippen LogP contribution is 2.27. The highest BCUT2D eigenvalue weighted by molar-refractivity contribution is 8.01. The van der Waals surface area contributed by atoms with Gasteiger partial charge in [-0.3, -0.25) is 0 Å². The van der Waals surface area contributed by atoms with Gasteiger partial charge < -0.3 is 10.2 Å². The first kappa shape index (κ1) is 15.7. The topological polar surface area (TPSA) is 41.1 Å². The van der Waals surface area contributed by atoms with Crippen LogP contribution in [0.25, 0.3) is 0 Å². The zero-order valence-electron chi connectivity index (χ0n) is 11.8. The van der Waals surface area contributed by atoms with Gasteiger partial charge in [0.05, 0.1) is 0 Å². The molecule has 6 heteroatoms. The van der Waals surface area contributed by atoms with Crippen LogP contribution in [0.5, 0.6) is 0 Å². The molecule has 0 aliphatic rings. The van der Waals surface area contributed by atoms with Crippen LogP contribution >= 0.6 is 23.1 Å². The van der Waals surface area contributed by atoms with Crippen molar-refractivity contribution in [2.24, 2.45) is 0 Å². The molecule has 1 heterocycles. The Morgan fingerprint density at radius 2 is 2.11 bits per heavy atom. The third-order valence-corrected chi connectivity index (χ3v) is 5.00. The summed E-state index contributed by atoms with van der Waals surface area (Å²) in [5.41, 5.74) is 0. The Kier molecular flexibility index (Phi) is 7.62. The zero-order valence-corrected chi connectivity index (χ0v) is 13.4. The van der Waals surface area contributed by atoms with Crippen molar-refractivity contribution in [1.82, 2.24) is 15.5 Å². The van der Waals surface area contributed by atoms with E-state index in [-0.39, 0.29) is 0 Å². The predicted octanol–water partition coefficient (Wildman–Crippen LogP) is 2.86. The van der Waals surface area contributed by atoms with E-state index in [0.29, 0.717) is 6.04 Å². The van der Waals surface area contributed by atoms with Crippen molar-refractivity contribution < 1.29 is 0 Å². The van der Waals surface area contributed by atoms with Crippen LogP contribution in [-0.4, -0.2) is 42.6 Å². The number of hydrogen-bond donors (Lipinski definition) is 1. The van der Waals surface area contributed by atoms with E-state index in [0.717, 1.165) is 21.8 Å². The van der Waals surface area contributed by atoms with Gasteiger partial charge in [-0.1, -0.05) is 36.9 Å². The van der Waals surface area contributed by atoms with E-state index in [1.807, 2.05) is 30.8 Å². The summed E-state index contributed by atoms with van der Waals surface area (Å²) in [4.78, 5) is 2.00. The third-order valence-electron chi connectivity index (χ3n) is 2.69. The van der Waals surface area contributed by atoms with Gasteiger partial charge in [0, 0.05) is 25.9 Å². The lowest BCUT2D eigenvalue weighted by molar-refractivity contribution is 0.477. The molecule has 1 aromatic rings. The van der Waals surface area contributed by atoms with Gasteiger partial charge in [-0.25, -0.2) is 0 Å². The molecule has 0 saturated heterocycles. The maximum Gasteiger partial charge on any atom is 0.208 e. The fourth-order valence-corrected chi connectivity index (χ4v) is 3.47. The van der Waals surface area contributed by atoms with E-state index in [2.05, 4.69) is 29.4 Å². The average Bonchev–Trinajstić information content (AvgIpc) is 2.82. The summed E-state index contributed by atoms with van der Waals surface area (Å²) in [5.74, 6) is 1.13. The maximum atomic E-state index is 4.18. The number of thioether (sulfide) groups is 1. The van der Waals surface area contributed by atoms with Crippen LogP contribution in [0.1, 0.15) is 33.1 Å². The lowest BCUT2D eigenvalue weighted by atomic mass is 10.1. The van der Waals surface area contributed by atoms with Crippen LogP contribution in [-0.2, 0) is 0 Å². The van der Waals surface area contributed by atoms with Gasteiger partial charge in [0.1, 0.15) is 0 Å². The van der Waals surface area contributed by atoms with Crippen molar-refractivity contribution in [1.29, 1.82) is 0 Å². The molecule has 0 bridgehead atoms. The molecule has 0 aliphatic heterocycles. The summed E-state index contributed by atoms with van der Waals surface area (Å²) in [6.45, 7) is 5.48. The summed E-state index contributed by atoms with van der Waals surface area (Å²) >= 11 is 3.49. The molecule has 0 amide bonds. The van der Waals surface area contributed by atoms with Crippen molar-refractivity contribution in [3.8, 4) is 0 Å². The van der Waals surface area contributed by atoms with Crippen LogP contribution in [0, 0.1) is 0 Å². The van der Waals surface area contributed by atoms with Gasteiger partial charge in [0.2, 0.25) is 5.13 Å². The second-order valence-electron chi connectivity index (χ2n) is 4.40. The molecule has 0 saturated carbocycles. The largest absolute Gasteiger partial charge is 0.353 e. The Balaban J connectivity index is 2.20. The summed E-state index contributed by atoms with van der Waals surface area (Å²) in [6, 6.07) is 0.669. The lowest BCUT2D eigenvalue weighted by Gasteiger charge is -2.14. The molecule has 1 atom stereocenters. The minimum Gasteiger partial charge on any atom is -0.353 e.